The second kappa shape index (κ2) is 5.62. The van der Waals surface area contributed by atoms with Crippen molar-refractivity contribution in [2.24, 2.45) is 5.73 Å². The van der Waals surface area contributed by atoms with Crippen molar-refractivity contribution in [3.05, 3.63) is 67.6 Å². The summed E-state index contributed by atoms with van der Waals surface area (Å²) in [4.78, 5) is 0. The zero-order chi connectivity index (χ0) is 13.3. The van der Waals surface area contributed by atoms with Crippen molar-refractivity contribution < 1.29 is 0 Å². The van der Waals surface area contributed by atoms with E-state index in [1.807, 2.05) is 31.2 Å². The molecule has 0 saturated carbocycles. The van der Waals surface area contributed by atoms with E-state index in [-0.39, 0.29) is 6.04 Å². The van der Waals surface area contributed by atoms with E-state index in [0.29, 0.717) is 10.0 Å². The summed E-state index contributed by atoms with van der Waals surface area (Å²) in [6.45, 7) is 2.04. The van der Waals surface area contributed by atoms with Crippen LogP contribution in [-0.4, -0.2) is 0 Å². The molecular formula is C14H12BrCl2N. The van der Waals surface area contributed by atoms with Gasteiger partial charge in [-0.25, -0.2) is 0 Å². The summed E-state index contributed by atoms with van der Waals surface area (Å²) in [5.74, 6) is 0. The minimum Gasteiger partial charge on any atom is -0.320 e. The Bertz CT molecular complexity index is 584. The average molecular weight is 345 g/mol. The van der Waals surface area contributed by atoms with Gasteiger partial charge in [-0.3, -0.25) is 0 Å². The van der Waals surface area contributed by atoms with Crippen LogP contribution in [0.15, 0.2) is 40.9 Å². The van der Waals surface area contributed by atoms with Crippen LogP contribution in [0.4, 0.5) is 0 Å². The van der Waals surface area contributed by atoms with E-state index in [1.54, 1.807) is 12.1 Å². The average Bonchev–Trinajstić information content (AvgIpc) is 2.32. The number of hydrogen-bond acceptors (Lipinski definition) is 1. The Morgan fingerprint density at radius 2 is 1.78 bits per heavy atom. The van der Waals surface area contributed by atoms with Crippen molar-refractivity contribution in [2.45, 2.75) is 13.0 Å². The van der Waals surface area contributed by atoms with Gasteiger partial charge < -0.3 is 5.73 Å². The summed E-state index contributed by atoms with van der Waals surface area (Å²) in [7, 11) is 0. The Balaban J connectivity index is 2.41. The molecule has 4 heteroatoms. The molecule has 0 bridgehead atoms. The largest absolute Gasteiger partial charge is 0.320 e. The Kier molecular flexibility index (Phi) is 4.33. The highest BCUT2D eigenvalue weighted by Crippen LogP contribution is 2.31. The van der Waals surface area contributed by atoms with Gasteiger partial charge in [-0.15, -0.1) is 0 Å². The summed E-state index contributed by atoms with van der Waals surface area (Å²) in [6, 6.07) is 11.3. The van der Waals surface area contributed by atoms with Crippen LogP contribution in [0.2, 0.25) is 10.0 Å². The van der Waals surface area contributed by atoms with Gasteiger partial charge in [-0.05, 0) is 41.8 Å². The van der Waals surface area contributed by atoms with Crippen LogP contribution in [0.1, 0.15) is 22.7 Å². The summed E-state index contributed by atoms with van der Waals surface area (Å²) in [5.41, 5.74) is 9.41. The van der Waals surface area contributed by atoms with Crippen LogP contribution < -0.4 is 5.73 Å². The van der Waals surface area contributed by atoms with E-state index in [0.717, 1.165) is 15.6 Å². The SMILES string of the molecule is Cc1ccc(C(N)c2ccc(Cl)c(Cl)c2)c(Br)c1. The van der Waals surface area contributed by atoms with Crippen molar-refractivity contribution in [1.29, 1.82) is 0 Å². The molecule has 0 fully saturated rings. The van der Waals surface area contributed by atoms with Gasteiger partial charge in [-0.2, -0.15) is 0 Å². The molecule has 0 aromatic heterocycles. The van der Waals surface area contributed by atoms with Crippen LogP contribution in [0.25, 0.3) is 0 Å². The number of benzene rings is 2. The molecule has 0 heterocycles. The van der Waals surface area contributed by atoms with Crippen molar-refractivity contribution in [3.63, 3.8) is 0 Å². The van der Waals surface area contributed by atoms with Gasteiger partial charge in [0.05, 0.1) is 16.1 Å². The zero-order valence-corrected chi connectivity index (χ0v) is 12.9. The molecule has 0 spiro atoms. The molecule has 0 amide bonds. The second-order valence-corrected chi connectivity index (χ2v) is 5.84. The Morgan fingerprint density at radius 1 is 1.06 bits per heavy atom. The number of hydrogen-bond donors (Lipinski definition) is 1. The maximum Gasteiger partial charge on any atom is 0.0595 e. The fourth-order valence-corrected chi connectivity index (χ4v) is 2.82. The number of aryl methyl sites for hydroxylation is 1. The first-order valence-electron chi connectivity index (χ1n) is 5.45. The molecule has 0 radical (unpaired) electrons. The summed E-state index contributed by atoms with van der Waals surface area (Å²) in [5, 5.41) is 1.06. The van der Waals surface area contributed by atoms with Crippen LogP contribution in [0.3, 0.4) is 0 Å². The Labute approximate surface area is 125 Å². The molecule has 0 aliphatic rings. The van der Waals surface area contributed by atoms with E-state index >= 15 is 0 Å². The molecule has 0 aliphatic carbocycles. The third-order valence-corrected chi connectivity index (χ3v) is 4.22. The van der Waals surface area contributed by atoms with E-state index in [1.165, 1.54) is 5.56 Å². The molecule has 2 aromatic carbocycles. The highest BCUT2D eigenvalue weighted by atomic mass is 79.9. The Morgan fingerprint density at radius 3 is 2.39 bits per heavy atom. The summed E-state index contributed by atoms with van der Waals surface area (Å²) < 4.78 is 1.00. The first-order chi connectivity index (χ1) is 8.49. The van der Waals surface area contributed by atoms with Crippen LogP contribution >= 0.6 is 39.1 Å². The standard InChI is InChI=1S/C14H12BrCl2N/c1-8-2-4-10(11(15)6-8)14(18)9-3-5-12(16)13(17)7-9/h2-7,14H,18H2,1H3. The van der Waals surface area contributed by atoms with Crippen LogP contribution in [0.5, 0.6) is 0 Å². The van der Waals surface area contributed by atoms with E-state index in [9.17, 15) is 0 Å². The van der Waals surface area contributed by atoms with E-state index < -0.39 is 0 Å². The number of rotatable bonds is 2. The van der Waals surface area contributed by atoms with Crippen molar-refractivity contribution in [2.75, 3.05) is 0 Å². The number of halogens is 3. The van der Waals surface area contributed by atoms with Gasteiger partial charge in [-0.1, -0.05) is 57.3 Å². The van der Waals surface area contributed by atoms with Gasteiger partial charge in [0.25, 0.3) is 0 Å². The molecule has 0 aliphatic heterocycles. The molecule has 0 saturated heterocycles. The third-order valence-electron chi connectivity index (χ3n) is 2.79. The lowest BCUT2D eigenvalue weighted by Gasteiger charge is -2.15. The second-order valence-electron chi connectivity index (χ2n) is 4.18. The molecule has 2 rings (SSSR count). The lowest BCUT2D eigenvalue weighted by molar-refractivity contribution is 0.865. The topological polar surface area (TPSA) is 26.0 Å². The lowest BCUT2D eigenvalue weighted by atomic mass is 9.99. The van der Waals surface area contributed by atoms with Crippen molar-refractivity contribution in [1.82, 2.24) is 0 Å². The van der Waals surface area contributed by atoms with Crippen LogP contribution in [-0.2, 0) is 0 Å². The molecule has 18 heavy (non-hydrogen) atoms. The molecular weight excluding hydrogens is 333 g/mol. The third kappa shape index (κ3) is 2.89. The van der Waals surface area contributed by atoms with E-state index in [4.69, 9.17) is 28.9 Å². The van der Waals surface area contributed by atoms with Gasteiger partial charge in [0.15, 0.2) is 0 Å². The fraction of sp³-hybridized carbons (Fsp3) is 0.143. The van der Waals surface area contributed by atoms with Gasteiger partial charge in [0, 0.05) is 4.47 Å². The predicted octanol–water partition coefficient (Wildman–Crippen LogP) is 5.11. The molecule has 1 unspecified atom stereocenters. The maximum absolute atomic E-state index is 6.25. The highest BCUT2D eigenvalue weighted by molar-refractivity contribution is 9.10. The first kappa shape index (κ1) is 13.9. The fourth-order valence-electron chi connectivity index (χ4n) is 1.77. The van der Waals surface area contributed by atoms with Crippen molar-refractivity contribution in [3.8, 4) is 0 Å². The highest BCUT2D eigenvalue weighted by Gasteiger charge is 2.13. The van der Waals surface area contributed by atoms with Gasteiger partial charge in [0.2, 0.25) is 0 Å². The molecule has 1 atom stereocenters. The molecule has 1 nitrogen and oxygen atoms in total. The Hall–Kier alpha value is -0.540. The first-order valence-corrected chi connectivity index (χ1v) is 7.00. The quantitative estimate of drug-likeness (QED) is 0.804. The van der Waals surface area contributed by atoms with Gasteiger partial charge >= 0.3 is 0 Å². The smallest absolute Gasteiger partial charge is 0.0595 e. The normalized spacial score (nSPS) is 12.5. The maximum atomic E-state index is 6.25. The minimum atomic E-state index is -0.227. The van der Waals surface area contributed by atoms with E-state index in [2.05, 4.69) is 15.9 Å². The number of nitrogens with two attached hydrogens (primary N) is 1. The summed E-state index contributed by atoms with van der Waals surface area (Å²) >= 11 is 15.5. The molecule has 2 aromatic rings. The monoisotopic (exact) mass is 343 g/mol. The van der Waals surface area contributed by atoms with Gasteiger partial charge in [0.1, 0.15) is 0 Å². The zero-order valence-electron chi connectivity index (χ0n) is 9.75. The predicted molar refractivity (Wildman–Crippen MR) is 81.4 cm³/mol. The summed E-state index contributed by atoms with van der Waals surface area (Å²) in [6.07, 6.45) is 0. The molecule has 94 valence electrons. The van der Waals surface area contributed by atoms with Crippen LogP contribution in [0, 0.1) is 6.92 Å². The molecule has 2 N–H and O–H groups in total. The lowest BCUT2D eigenvalue weighted by Crippen LogP contribution is -2.12. The van der Waals surface area contributed by atoms with Crippen molar-refractivity contribution >= 4 is 39.1 Å². The minimum absolute atomic E-state index is 0.227.